The summed E-state index contributed by atoms with van der Waals surface area (Å²) in [6, 6.07) is 16.5. The summed E-state index contributed by atoms with van der Waals surface area (Å²) in [6.07, 6.45) is 2.56. The summed E-state index contributed by atoms with van der Waals surface area (Å²) in [5, 5.41) is 14.7. The molecule has 6 heteroatoms. The van der Waals surface area contributed by atoms with Crippen LogP contribution in [-0.4, -0.2) is 28.3 Å². The van der Waals surface area contributed by atoms with Gasteiger partial charge in [0, 0.05) is 30.2 Å². The van der Waals surface area contributed by atoms with Gasteiger partial charge in [0.25, 0.3) is 0 Å². The topological polar surface area (TPSA) is 66.0 Å². The average molecular weight is 362 g/mol. The largest absolute Gasteiger partial charge is 0.372 e. The number of hydrogen-bond acceptors (Lipinski definition) is 6. The molecule has 0 radical (unpaired) electrons. The van der Waals surface area contributed by atoms with Crippen molar-refractivity contribution < 1.29 is 0 Å². The van der Waals surface area contributed by atoms with Gasteiger partial charge in [-0.2, -0.15) is 10.1 Å². The average Bonchev–Trinajstić information content (AvgIpc) is 2.71. The summed E-state index contributed by atoms with van der Waals surface area (Å²) in [7, 11) is 0. The molecule has 2 N–H and O–H groups in total. The molecule has 3 aromatic rings. The zero-order valence-electron chi connectivity index (χ0n) is 16.1. The van der Waals surface area contributed by atoms with Crippen LogP contribution in [0.1, 0.15) is 26.3 Å². The second-order valence-corrected chi connectivity index (χ2v) is 6.15. The Morgan fingerprint density at radius 2 is 1.63 bits per heavy atom. The first-order chi connectivity index (χ1) is 13.2. The summed E-state index contributed by atoms with van der Waals surface area (Å²) < 4.78 is 0. The van der Waals surface area contributed by atoms with Gasteiger partial charge in [-0.25, -0.2) is 0 Å². The van der Waals surface area contributed by atoms with E-state index >= 15 is 0 Å². The second kappa shape index (κ2) is 8.98. The Morgan fingerprint density at radius 3 is 2.33 bits per heavy atom. The first-order valence-electron chi connectivity index (χ1n) is 9.40. The summed E-state index contributed by atoms with van der Waals surface area (Å²) in [5.41, 5.74) is 4.39. The highest BCUT2D eigenvalue weighted by Gasteiger charge is 2.06. The first kappa shape index (κ1) is 18.6. The van der Waals surface area contributed by atoms with Crippen molar-refractivity contribution in [1.29, 1.82) is 0 Å². The lowest BCUT2D eigenvalue weighted by atomic mass is 10.1. The summed E-state index contributed by atoms with van der Waals surface area (Å²) in [4.78, 5) is 6.83. The van der Waals surface area contributed by atoms with E-state index in [1.807, 2.05) is 18.2 Å². The first-order valence-corrected chi connectivity index (χ1v) is 9.40. The lowest BCUT2D eigenvalue weighted by Crippen LogP contribution is -2.21. The molecule has 27 heavy (non-hydrogen) atoms. The Labute approximate surface area is 160 Å². The molecule has 6 nitrogen and oxygen atoms in total. The second-order valence-electron chi connectivity index (χ2n) is 6.15. The fourth-order valence-electron chi connectivity index (χ4n) is 2.98. The van der Waals surface area contributed by atoms with Gasteiger partial charge in [-0.15, -0.1) is 5.10 Å². The molecule has 0 amide bonds. The van der Waals surface area contributed by atoms with Crippen LogP contribution in [-0.2, 0) is 6.42 Å². The smallest absolute Gasteiger partial charge is 0.249 e. The molecule has 0 spiro atoms. The minimum absolute atomic E-state index is 0.473. The van der Waals surface area contributed by atoms with E-state index in [-0.39, 0.29) is 0 Å². The number of rotatable bonds is 8. The van der Waals surface area contributed by atoms with Gasteiger partial charge in [-0.3, -0.25) is 0 Å². The molecular weight excluding hydrogens is 336 g/mol. The molecule has 0 saturated heterocycles. The number of hydrogen-bond donors (Lipinski definition) is 2. The maximum Gasteiger partial charge on any atom is 0.249 e. The number of para-hydroxylation sites is 1. The monoisotopic (exact) mass is 362 g/mol. The van der Waals surface area contributed by atoms with Crippen LogP contribution in [0.4, 0.5) is 28.8 Å². The van der Waals surface area contributed by atoms with Gasteiger partial charge < -0.3 is 15.5 Å². The summed E-state index contributed by atoms with van der Waals surface area (Å²) >= 11 is 0. The van der Waals surface area contributed by atoms with Crippen LogP contribution in [0.5, 0.6) is 0 Å². The Morgan fingerprint density at radius 1 is 0.889 bits per heavy atom. The quantitative estimate of drug-likeness (QED) is 0.602. The third-order valence-electron chi connectivity index (χ3n) is 4.47. The van der Waals surface area contributed by atoms with Crippen molar-refractivity contribution in [2.75, 3.05) is 28.6 Å². The number of benzene rings is 2. The van der Waals surface area contributed by atoms with E-state index in [2.05, 4.69) is 81.8 Å². The van der Waals surface area contributed by atoms with Crippen molar-refractivity contribution in [3.8, 4) is 0 Å². The number of aromatic nitrogens is 3. The van der Waals surface area contributed by atoms with Gasteiger partial charge in [0.1, 0.15) is 0 Å². The highest BCUT2D eigenvalue weighted by molar-refractivity contribution is 5.62. The zero-order valence-corrected chi connectivity index (χ0v) is 16.1. The third kappa shape index (κ3) is 4.73. The fourth-order valence-corrected chi connectivity index (χ4v) is 2.98. The predicted molar refractivity (Wildman–Crippen MR) is 112 cm³/mol. The van der Waals surface area contributed by atoms with Crippen LogP contribution >= 0.6 is 0 Å². The maximum atomic E-state index is 4.52. The van der Waals surface area contributed by atoms with E-state index in [0.29, 0.717) is 11.8 Å². The molecule has 0 aliphatic heterocycles. The number of aryl methyl sites for hydroxylation is 1. The normalized spacial score (nSPS) is 10.5. The van der Waals surface area contributed by atoms with Gasteiger partial charge in [-0.1, -0.05) is 25.1 Å². The van der Waals surface area contributed by atoms with Crippen LogP contribution in [0, 0.1) is 0 Å². The summed E-state index contributed by atoms with van der Waals surface area (Å²) in [6.45, 7) is 8.43. The van der Waals surface area contributed by atoms with Gasteiger partial charge in [0.05, 0.1) is 6.20 Å². The summed E-state index contributed by atoms with van der Waals surface area (Å²) in [5.74, 6) is 1.12. The number of nitrogens with zero attached hydrogens (tertiary/aromatic N) is 4. The van der Waals surface area contributed by atoms with Crippen LogP contribution in [0.3, 0.4) is 0 Å². The molecule has 140 valence electrons. The van der Waals surface area contributed by atoms with Crippen molar-refractivity contribution in [3.05, 3.63) is 60.3 Å². The standard InChI is InChI=1S/C21H26N6/c1-4-16-9-7-8-10-19(16)24-21-25-20(15-22-26-21)23-17-11-13-18(14-12-17)27(5-2)6-3/h7-15H,4-6H2,1-3H3,(H2,23,24,25,26). The molecule has 0 unspecified atom stereocenters. The third-order valence-corrected chi connectivity index (χ3v) is 4.47. The van der Waals surface area contributed by atoms with Crippen molar-refractivity contribution in [2.24, 2.45) is 0 Å². The van der Waals surface area contributed by atoms with Crippen LogP contribution in [0.15, 0.2) is 54.7 Å². The van der Waals surface area contributed by atoms with E-state index in [9.17, 15) is 0 Å². The van der Waals surface area contributed by atoms with Crippen LogP contribution in [0.25, 0.3) is 0 Å². The van der Waals surface area contributed by atoms with Crippen molar-refractivity contribution in [3.63, 3.8) is 0 Å². The predicted octanol–water partition coefficient (Wildman–Crippen LogP) is 4.77. The Kier molecular flexibility index (Phi) is 6.20. The molecule has 1 heterocycles. The van der Waals surface area contributed by atoms with Crippen LogP contribution < -0.4 is 15.5 Å². The Hall–Kier alpha value is -3.15. The lowest BCUT2D eigenvalue weighted by molar-refractivity contribution is 0.866. The molecule has 1 aromatic heterocycles. The molecule has 0 bridgehead atoms. The zero-order chi connectivity index (χ0) is 19.1. The highest BCUT2D eigenvalue weighted by atomic mass is 15.3. The molecule has 0 fully saturated rings. The van der Waals surface area contributed by atoms with E-state index in [4.69, 9.17) is 0 Å². The van der Waals surface area contributed by atoms with Crippen molar-refractivity contribution in [1.82, 2.24) is 15.2 Å². The minimum Gasteiger partial charge on any atom is -0.372 e. The van der Waals surface area contributed by atoms with Gasteiger partial charge in [0.15, 0.2) is 5.82 Å². The van der Waals surface area contributed by atoms with Gasteiger partial charge in [-0.05, 0) is 56.2 Å². The molecular formula is C21H26N6. The Balaban J connectivity index is 1.72. The van der Waals surface area contributed by atoms with Gasteiger partial charge in [0.2, 0.25) is 5.95 Å². The minimum atomic E-state index is 0.473. The maximum absolute atomic E-state index is 4.52. The van der Waals surface area contributed by atoms with E-state index in [0.717, 1.165) is 30.9 Å². The number of anilines is 5. The molecule has 0 aliphatic carbocycles. The van der Waals surface area contributed by atoms with E-state index in [1.165, 1.54) is 11.3 Å². The highest BCUT2D eigenvalue weighted by Crippen LogP contribution is 2.22. The molecule has 0 saturated carbocycles. The van der Waals surface area contributed by atoms with Crippen molar-refractivity contribution in [2.45, 2.75) is 27.2 Å². The van der Waals surface area contributed by atoms with E-state index < -0.39 is 0 Å². The van der Waals surface area contributed by atoms with Crippen molar-refractivity contribution >= 4 is 28.8 Å². The van der Waals surface area contributed by atoms with Gasteiger partial charge >= 0.3 is 0 Å². The molecule has 0 atom stereocenters. The molecule has 0 aliphatic rings. The lowest BCUT2D eigenvalue weighted by Gasteiger charge is -2.21. The fraction of sp³-hybridized carbons (Fsp3) is 0.286. The molecule has 2 aromatic carbocycles. The Bertz CT molecular complexity index is 859. The van der Waals surface area contributed by atoms with Crippen LogP contribution in [0.2, 0.25) is 0 Å². The SMILES string of the molecule is CCc1ccccc1Nc1nncc(Nc2ccc(N(CC)CC)cc2)n1. The van der Waals surface area contributed by atoms with E-state index in [1.54, 1.807) is 6.20 Å². The molecule has 3 rings (SSSR count). The number of nitrogens with one attached hydrogen (secondary N) is 2.